The Morgan fingerprint density at radius 3 is 1.14 bits per heavy atom. The van der Waals surface area contributed by atoms with E-state index in [4.69, 9.17) is 4.74 Å². The molecule has 0 aliphatic carbocycles. The standard InChI is InChI=1S/C26H14F10O6/c1-2-3-4-5-40-24(37)9-6-10(25(38)41-22-18(33)14(29)12(27)15(30)19(22)34)8-11(7-9)26(39)42-23-20(35)16(31)13(28)17(32)21(23)36/h6-8H,2-5H2,1H3. The van der Waals surface area contributed by atoms with Gasteiger partial charge in [-0.3, -0.25) is 0 Å². The first kappa shape index (κ1) is 31.9. The number of esters is 3. The van der Waals surface area contributed by atoms with Crippen LogP contribution in [0.25, 0.3) is 0 Å². The van der Waals surface area contributed by atoms with Gasteiger partial charge in [-0.15, -0.1) is 0 Å². The van der Waals surface area contributed by atoms with E-state index < -0.39 is 104 Å². The molecule has 0 aliphatic rings. The van der Waals surface area contributed by atoms with E-state index >= 15 is 0 Å². The van der Waals surface area contributed by atoms with Crippen molar-refractivity contribution in [2.24, 2.45) is 0 Å². The van der Waals surface area contributed by atoms with Crippen LogP contribution in [0.4, 0.5) is 43.9 Å². The van der Waals surface area contributed by atoms with E-state index in [2.05, 4.69) is 9.47 Å². The first-order valence-electron chi connectivity index (χ1n) is 11.5. The third kappa shape index (κ3) is 6.31. The van der Waals surface area contributed by atoms with Crippen LogP contribution in [0.1, 0.15) is 57.3 Å². The van der Waals surface area contributed by atoms with Crippen LogP contribution in [0.2, 0.25) is 0 Å². The molecule has 0 spiro atoms. The monoisotopic (exact) mass is 612 g/mol. The topological polar surface area (TPSA) is 78.9 Å². The molecule has 42 heavy (non-hydrogen) atoms. The Balaban J connectivity index is 2.05. The number of unbranched alkanes of at least 4 members (excludes halogenated alkanes) is 2. The molecular weight excluding hydrogens is 598 g/mol. The van der Waals surface area contributed by atoms with Crippen molar-refractivity contribution in [3.05, 3.63) is 93.1 Å². The lowest BCUT2D eigenvalue weighted by molar-refractivity contribution is 0.0498. The first-order chi connectivity index (χ1) is 19.7. The third-order valence-electron chi connectivity index (χ3n) is 5.35. The molecule has 0 atom stereocenters. The molecule has 3 aromatic carbocycles. The molecule has 0 aromatic heterocycles. The summed E-state index contributed by atoms with van der Waals surface area (Å²) in [5, 5.41) is 0. The SMILES string of the molecule is CCCCCOC(=O)c1cc(C(=O)Oc2c(F)c(F)c(F)c(F)c2F)cc(C(=O)Oc2c(F)c(F)c(F)c(F)c2F)c1. The fraction of sp³-hybridized carbons (Fsp3) is 0.192. The minimum Gasteiger partial charge on any atom is -0.462 e. The summed E-state index contributed by atoms with van der Waals surface area (Å²) in [5.41, 5.74) is -2.72. The lowest BCUT2D eigenvalue weighted by Gasteiger charge is -2.12. The molecule has 0 saturated heterocycles. The quantitative estimate of drug-likeness (QED) is 0.0656. The van der Waals surface area contributed by atoms with Gasteiger partial charge in [0.15, 0.2) is 0 Å². The largest absolute Gasteiger partial charge is 0.462 e. The molecule has 0 radical (unpaired) electrons. The van der Waals surface area contributed by atoms with Crippen LogP contribution in [0.5, 0.6) is 11.5 Å². The van der Waals surface area contributed by atoms with Crippen molar-refractivity contribution >= 4 is 17.9 Å². The number of ether oxygens (including phenoxy) is 3. The molecule has 3 rings (SSSR count). The van der Waals surface area contributed by atoms with Crippen molar-refractivity contribution in [1.82, 2.24) is 0 Å². The molecule has 16 heteroatoms. The second-order valence-electron chi connectivity index (χ2n) is 8.22. The maximum absolute atomic E-state index is 14.0. The van der Waals surface area contributed by atoms with Gasteiger partial charge < -0.3 is 14.2 Å². The number of benzene rings is 3. The van der Waals surface area contributed by atoms with Crippen LogP contribution in [-0.2, 0) is 4.74 Å². The molecule has 0 heterocycles. The van der Waals surface area contributed by atoms with Gasteiger partial charge in [0.25, 0.3) is 0 Å². The van der Waals surface area contributed by atoms with Gasteiger partial charge in [0, 0.05) is 0 Å². The average molecular weight is 612 g/mol. The van der Waals surface area contributed by atoms with Gasteiger partial charge >= 0.3 is 17.9 Å². The molecule has 0 amide bonds. The summed E-state index contributed by atoms with van der Waals surface area (Å²) in [6, 6.07) is 1.58. The summed E-state index contributed by atoms with van der Waals surface area (Å²) in [6.07, 6.45) is 1.69. The lowest BCUT2D eigenvalue weighted by atomic mass is 10.1. The highest BCUT2D eigenvalue weighted by Gasteiger charge is 2.31. The molecule has 0 aliphatic heterocycles. The van der Waals surface area contributed by atoms with Crippen molar-refractivity contribution < 1.29 is 72.5 Å². The van der Waals surface area contributed by atoms with Gasteiger partial charge in [0.05, 0.1) is 23.3 Å². The van der Waals surface area contributed by atoms with Crippen molar-refractivity contribution in [3.63, 3.8) is 0 Å². The van der Waals surface area contributed by atoms with E-state index in [1.165, 1.54) is 0 Å². The molecular formula is C26H14F10O6. The predicted molar refractivity (Wildman–Crippen MR) is 119 cm³/mol. The molecule has 0 N–H and O–H groups in total. The first-order valence-corrected chi connectivity index (χ1v) is 11.5. The Bertz CT molecular complexity index is 1430. The Morgan fingerprint density at radius 1 is 0.500 bits per heavy atom. The van der Waals surface area contributed by atoms with Crippen molar-refractivity contribution in [2.45, 2.75) is 26.2 Å². The molecule has 0 fully saturated rings. The zero-order chi connectivity index (χ0) is 31.5. The van der Waals surface area contributed by atoms with E-state index in [1.807, 2.05) is 6.92 Å². The van der Waals surface area contributed by atoms with Gasteiger partial charge in [-0.25, -0.2) is 40.7 Å². The number of hydrogen-bond acceptors (Lipinski definition) is 6. The Morgan fingerprint density at radius 2 is 0.810 bits per heavy atom. The van der Waals surface area contributed by atoms with Gasteiger partial charge in [-0.2, -0.15) is 17.6 Å². The number of hydrogen-bond donors (Lipinski definition) is 0. The fourth-order valence-electron chi connectivity index (χ4n) is 3.23. The number of carbonyl (C=O) groups is 3. The van der Waals surface area contributed by atoms with Gasteiger partial charge in [0.2, 0.25) is 69.7 Å². The van der Waals surface area contributed by atoms with E-state index in [0.29, 0.717) is 37.5 Å². The maximum atomic E-state index is 14.0. The van der Waals surface area contributed by atoms with Crippen LogP contribution in [0.3, 0.4) is 0 Å². The van der Waals surface area contributed by atoms with Gasteiger partial charge in [-0.1, -0.05) is 19.8 Å². The average Bonchev–Trinajstić information content (AvgIpc) is 2.98. The third-order valence-corrected chi connectivity index (χ3v) is 5.35. The zero-order valence-electron chi connectivity index (χ0n) is 20.8. The predicted octanol–water partition coefficient (Wildman–Crippen LogP) is 6.86. The summed E-state index contributed by atoms with van der Waals surface area (Å²) in [7, 11) is 0. The number of carbonyl (C=O) groups excluding carboxylic acids is 3. The second kappa shape index (κ2) is 12.9. The molecule has 0 bridgehead atoms. The van der Waals surface area contributed by atoms with E-state index in [9.17, 15) is 58.3 Å². The molecule has 3 aromatic rings. The molecule has 6 nitrogen and oxygen atoms in total. The van der Waals surface area contributed by atoms with Crippen molar-refractivity contribution in [2.75, 3.05) is 6.61 Å². The minimum atomic E-state index is -2.57. The van der Waals surface area contributed by atoms with Gasteiger partial charge in [-0.05, 0) is 24.6 Å². The van der Waals surface area contributed by atoms with Crippen LogP contribution < -0.4 is 9.47 Å². The summed E-state index contributed by atoms with van der Waals surface area (Å²) in [5.74, 6) is -34.5. The molecule has 224 valence electrons. The Hall–Kier alpha value is -4.63. The molecule has 0 saturated carbocycles. The normalized spacial score (nSPS) is 10.9. The summed E-state index contributed by atoms with van der Waals surface area (Å²) in [4.78, 5) is 37.7. The highest BCUT2D eigenvalue weighted by Crippen LogP contribution is 2.31. The highest BCUT2D eigenvalue weighted by molar-refractivity contribution is 6.01. The lowest BCUT2D eigenvalue weighted by Crippen LogP contribution is -2.18. The Labute approximate surface area is 228 Å². The minimum absolute atomic E-state index is 0.184. The van der Waals surface area contributed by atoms with Crippen LogP contribution in [-0.4, -0.2) is 24.5 Å². The number of rotatable bonds is 9. The van der Waals surface area contributed by atoms with E-state index in [1.54, 1.807) is 0 Å². The summed E-state index contributed by atoms with van der Waals surface area (Å²) in [6.45, 7) is 1.64. The van der Waals surface area contributed by atoms with Crippen molar-refractivity contribution in [3.8, 4) is 11.5 Å². The van der Waals surface area contributed by atoms with Crippen molar-refractivity contribution in [1.29, 1.82) is 0 Å². The summed E-state index contributed by atoms with van der Waals surface area (Å²) < 4.78 is 150. The Kier molecular flexibility index (Phi) is 9.80. The fourth-order valence-corrected chi connectivity index (χ4v) is 3.23. The van der Waals surface area contributed by atoms with Crippen LogP contribution in [0.15, 0.2) is 18.2 Å². The van der Waals surface area contributed by atoms with E-state index in [0.717, 1.165) is 0 Å². The number of halogens is 10. The molecule has 0 unspecified atom stereocenters. The second-order valence-corrected chi connectivity index (χ2v) is 8.22. The zero-order valence-corrected chi connectivity index (χ0v) is 20.8. The summed E-state index contributed by atoms with van der Waals surface area (Å²) >= 11 is 0. The maximum Gasteiger partial charge on any atom is 0.343 e. The smallest absolute Gasteiger partial charge is 0.343 e. The van der Waals surface area contributed by atoms with E-state index in [-0.39, 0.29) is 6.61 Å². The van der Waals surface area contributed by atoms with Crippen LogP contribution in [0, 0.1) is 58.2 Å². The van der Waals surface area contributed by atoms with Gasteiger partial charge in [0.1, 0.15) is 0 Å². The highest BCUT2D eigenvalue weighted by atomic mass is 19.2. The van der Waals surface area contributed by atoms with Crippen LogP contribution >= 0.6 is 0 Å².